The van der Waals surface area contributed by atoms with E-state index in [-0.39, 0.29) is 6.08 Å². The second-order valence-electron chi connectivity index (χ2n) is 5.93. The van der Waals surface area contributed by atoms with Gasteiger partial charge in [-0.25, -0.2) is 4.98 Å². The second kappa shape index (κ2) is 6.04. The van der Waals surface area contributed by atoms with Gasteiger partial charge in [0, 0.05) is 5.56 Å². The molecule has 0 saturated carbocycles. The van der Waals surface area contributed by atoms with Crippen LogP contribution in [0.1, 0.15) is 5.56 Å². The van der Waals surface area contributed by atoms with E-state index in [1.165, 1.54) is 6.39 Å². The first-order valence-corrected chi connectivity index (χ1v) is 8.27. The van der Waals surface area contributed by atoms with E-state index in [9.17, 15) is 0 Å². The SMILES string of the molecule is c1ccc(-c2cc3ncoc3cc2COc2nc3ccccc3o2)cc1. The van der Waals surface area contributed by atoms with E-state index < -0.39 is 0 Å². The summed E-state index contributed by atoms with van der Waals surface area (Å²) < 4.78 is 16.9. The highest BCUT2D eigenvalue weighted by Crippen LogP contribution is 2.30. The van der Waals surface area contributed by atoms with Crippen LogP contribution in [0.3, 0.4) is 0 Å². The third kappa shape index (κ3) is 2.59. The summed E-state index contributed by atoms with van der Waals surface area (Å²) in [6.07, 6.45) is 1.70. The zero-order chi connectivity index (χ0) is 17.3. The molecule has 0 amide bonds. The molecule has 2 heterocycles. The Balaban J connectivity index is 1.52. The molecule has 26 heavy (non-hydrogen) atoms. The summed E-state index contributed by atoms with van der Waals surface area (Å²) in [6, 6.07) is 21.7. The third-order valence-corrected chi connectivity index (χ3v) is 4.27. The number of benzene rings is 3. The molecule has 0 aliphatic rings. The summed E-state index contributed by atoms with van der Waals surface area (Å²) in [5.74, 6) is 0. The molecule has 5 aromatic rings. The molecule has 0 radical (unpaired) electrons. The number of nitrogens with zero attached hydrogens (tertiary/aromatic N) is 2. The summed E-state index contributed by atoms with van der Waals surface area (Å²) in [4.78, 5) is 8.61. The number of aromatic nitrogens is 2. The summed E-state index contributed by atoms with van der Waals surface area (Å²) in [7, 11) is 0. The van der Waals surface area contributed by atoms with Gasteiger partial charge in [-0.2, -0.15) is 4.98 Å². The van der Waals surface area contributed by atoms with E-state index in [1.54, 1.807) is 0 Å². The molecule has 0 spiro atoms. The molecule has 0 aliphatic carbocycles. The lowest BCUT2D eigenvalue weighted by molar-refractivity contribution is 0.226. The predicted molar refractivity (Wildman–Crippen MR) is 97.8 cm³/mol. The van der Waals surface area contributed by atoms with Crippen LogP contribution in [0.2, 0.25) is 0 Å². The summed E-state index contributed by atoms with van der Waals surface area (Å²) in [5, 5.41) is 0. The maximum absolute atomic E-state index is 5.82. The summed E-state index contributed by atoms with van der Waals surface area (Å²) >= 11 is 0. The molecule has 0 N–H and O–H groups in total. The van der Waals surface area contributed by atoms with Crippen molar-refractivity contribution in [3.05, 3.63) is 78.7 Å². The van der Waals surface area contributed by atoms with Crippen LogP contribution in [0, 0.1) is 0 Å². The number of rotatable bonds is 4. The molecule has 5 nitrogen and oxygen atoms in total. The van der Waals surface area contributed by atoms with Gasteiger partial charge in [-0.15, -0.1) is 0 Å². The minimum atomic E-state index is 0.253. The number of para-hydroxylation sites is 2. The molecule has 0 bridgehead atoms. The number of hydrogen-bond donors (Lipinski definition) is 0. The van der Waals surface area contributed by atoms with Crippen LogP contribution in [-0.4, -0.2) is 9.97 Å². The molecule has 0 saturated heterocycles. The van der Waals surface area contributed by atoms with E-state index >= 15 is 0 Å². The molecule has 0 atom stereocenters. The number of ether oxygens (including phenoxy) is 1. The average Bonchev–Trinajstić information content (AvgIpc) is 3.32. The van der Waals surface area contributed by atoms with Gasteiger partial charge < -0.3 is 13.6 Å². The zero-order valence-corrected chi connectivity index (χ0v) is 13.8. The van der Waals surface area contributed by atoms with Crippen molar-refractivity contribution in [3.8, 4) is 17.2 Å². The molecule has 126 valence electrons. The monoisotopic (exact) mass is 342 g/mol. The molecular weight excluding hydrogens is 328 g/mol. The molecule has 5 rings (SSSR count). The van der Waals surface area contributed by atoms with E-state index in [2.05, 4.69) is 22.1 Å². The fourth-order valence-electron chi connectivity index (χ4n) is 3.00. The van der Waals surface area contributed by atoms with Crippen molar-refractivity contribution in [2.75, 3.05) is 0 Å². The van der Waals surface area contributed by atoms with Crippen LogP contribution >= 0.6 is 0 Å². The Bertz CT molecular complexity index is 1160. The maximum Gasteiger partial charge on any atom is 0.394 e. The molecule has 3 aromatic carbocycles. The number of oxazole rings is 2. The van der Waals surface area contributed by atoms with Gasteiger partial charge in [0.05, 0.1) is 0 Å². The Labute approximate surface area is 148 Å². The average molecular weight is 342 g/mol. The Morgan fingerprint density at radius 2 is 1.69 bits per heavy atom. The molecule has 0 fully saturated rings. The van der Waals surface area contributed by atoms with E-state index in [1.807, 2.05) is 54.6 Å². The maximum atomic E-state index is 5.82. The largest absolute Gasteiger partial charge is 0.445 e. The Morgan fingerprint density at radius 3 is 2.58 bits per heavy atom. The number of fused-ring (bicyclic) bond motifs is 2. The molecule has 2 aromatic heterocycles. The van der Waals surface area contributed by atoms with Crippen molar-refractivity contribution in [3.63, 3.8) is 0 Å². The molecular formula is C21H14N2O3. The van der Waals surface area contributed by atoms with Gasteiger partial charge in [0.15, 0.2) is 17.6 Å². The van der Waals surface area contributed by atoms with E-state index in [4.69, 9.17) is 13.6 Å². The van der Waals surface area contributed by atoms with E-state index in [0.717, 1.165) is 33.3 Å². The van der Waals surface area contributed by atoms with Crippen molar-refractivity contribution in [2.24, 2.45) is 0 Å². The van der Waals surface area contributed by atoms with Crippen LogP contribution < -0.4 is 4.74 Å². The fourth-order valence-corrected chi connectivity index (χ4v) is 3.00. The second-order valence-corrected chi connectivity index (χ2v) is 5.93. The van der Waals surface area contributed by atoms with Gasteiger partial charge in [-0.3, -0.25) is 0 Å². The smallest absolute Gasteiger partial charge is 0.394 e. The van der Waals surface area contributed by atoms with Crippen LogP contribution in [0.15, 0.2) is 82.0 Å². The van der Waals surface area contributed by atoms with Gasteiger partial charge in [0.1, 0.15) is 17.6 Å². The van der Waals surface area contributed by atoms with Crippen molar-refractivity contribution in [2.45, 2.75) is 6.61 Å². The van der Waals surface area contributed by atoms with Gasteiger partial charge in [0.2, 0.25) is 0 Å². The highest BCUT2D eigenvalue weighted by Gasteiger charge is 2.13. The lowest BCUT2D eigenvalue weighted by Gasteiger charge is -2.09. The molecule has 5 heteroatoms. The minimum absolute atomic E-state index is 0.253. The standard InChI is InChI=1S/C21H14N2O3/c1-2-6-14(7-3-1)16-11-18-20(25-13-22-18)10-15(16)12-24-21-23-17-8-4-5-9-19(17)26-21/h1-11,13H,12H2. The van der Waals surface area contributed by atoms with Crippen molar-refractivity contribution >= 4 is 22.2 Å². The van der Waals surface area contributed by atoms with Crippen molar-refractivity contribution in [1.29, 1.82) is 0 Å². The van der Waals surface area contributed by atoms with E-state index in [0.29, 0.717) is 12.2 Å². The summed E-state index contributed by atoms with van der Waals surface area (Å²) in [5.41, 5.74) is 6.13. The number of hydrogen-bond acceptors (Lipinski definition) is 5. The summed E-state index contributed by atoms with van der Waals surface area (Å²) in [6.45, 7) is 0.313. The topological polar surface area (TPSA) is 61.3 Å². The van der Waals surface area contributed by atoms with Gasteiger partial charge >= 0.3 is 6.08 Å². The van der Waals surface area contributed by atoms with Gasteiger partial charge in [-0.05, 0) is 35.4 Å². The minimum Gasteiger partial charge on any atom is -0.445 e. The van der Waals surface area contributed by atoms with Crippen LogP contribution in [0.5, 0.6) is 6.08 Å². The lowest BCUT2D eigenvalue weighted by Crippen LogP contribution is -1.98. The molecule has 0 unspecified atom stereocenters. The zero-order valence-electron chi connectivity index (χ0n) is 13.8. The first-order chi connectivity index (χ1) is 12.9. The van der Waals surface area contributed by atoms with Crippen molar-refractivity contribution < 1.29 is 13.6 Å². The van der Waals surface area contributed by atoms with Crippen LogP contribution in [0.25, 0.3) is 33.3 Å². The Kier molecular flexibility index (Phi) is 3.42. The molecule has 0 aliphatic heterocycles. The quantitative estimate of drug-likeness (QED) is 0.448. The van der Waals surface area contributed by atoms with Crippen molar-refractivity contribution in [1.82, 2.24) is 9.97 Å². The first kappa shape index (κ1) is 14.7. The highest BCUT2D eigenvalue weighted by molar-refractivity contribution is 5.82. The van der Waals surface area contributed by atoms with Gasteiger partial charge in [0.25, 0.3) is 0 Å². The van der Waals surface area contributed by atoms with Crippen LogP contribution in [-0.2, 0) is 6.61 Å². The Morgan fingerprint density at radius 1 is 0.846 bits per heavy atom. The normalized spacial score (nSPS) is 11.2. The van der Waals surface area contributed by atoms with Crippen LogP contribution in [0.4, 0.5) is 0 Å². The lowest BCUT2D eigenvalue weighted by atomic mass is 9.99. The highest BCUT2D eigenvalue weighted by atomic mass is 16.6. The third-order valence-electron chi connectivity index (χ3n) is 4.27. The first-order valence-electron chi connectivity index (χ1n) is 8.27. The predicted octanol–water partition coefficient (Wildman–Crippen LogP) is 5.22. The van der Waals surface area contributed by atoms with Gasteiger partial charge in [-0.1, -0.05) is 42.5 Å². The fraction of sp³-hybridized carbons (Fsp3) is 0.0476. The Hall–Kier alpha value is -3.60.